The lowest BCUT2D eigenvalue weighted by molar-refractivity contribution is 0.102. The molecule has 0 aliphatic rings. The highest BCUT2D eigenvalue weighted by Crippen LogP contribution is 2.25. The summed E-state index contributed by atoms with van der Waals surface area (Å²) in [6.07, 6.45) is 1.76. The highest BCUT2D eigenvalue weighted by molar-refractivity contribution is 6.04. The number of aromatic nitrogens is 4. The SMILES string of the molecule is Cc1ccnn1-c1ccc(C(=O)Nc2ccc(-c3nc4ccccc4n3C)cc2)cc1. The number of amides is 1. The zero-order valence-corrected chi connectivity index (χ0v) is 17.3. The third kappa shape index (κ3) is 3.48. The predicted octanol–water partition coefficient (Wildman–Crippen LogP) is 4.99. The van der Waals surface area contributed by atoms with Crippen molar-refractivity contribution in [1.82, 2.24) is 19.3 Å². The number of fused-ring (bicyclic) bond motifs is 1. The van der Waals surface area contributed by atoms with Gasteiger partial charge in [-0.3, -0.25) is 4.79 Å². The first-order valence-electron chi connectivity index (χ1n) is 10.0. The van der Waals surface area contributed by atoms with Crippen LogP contribution in [-0.2, 0) is 7.05 Å². The lowest BCUT2D eigenvalue weighted by Gasteiger charge is -2.08. The Morgan fingerprint density at radius 2 is 1.65 bits per heavy atom. The number of hydrogen-bond acceptors (Lipinski definition) is 3. The Bertz CT molecular complexity index is 1380. The Kier molecular flexibility index (Phi) is 4.59. The summed E-state index contributed by atoms with van der Waals surface area (Å²) in [4.78, 5) is 17.4. The van der Waals surface area contributed by atoms with E-state index in [1.54, 1.807) is 18.3 Å². The second kappa shape index (κ2) is 7.57. The number of hydrogen-bond donors (Lipinski definition) is 1. The maximum atomic E-state index is 12.7. The molecule has 0 unspecified atom stereocenters. The number of nitrogens with one attached hydrogen (secondary N) is 1. The molecule has 0 fully saturated rings. The average Bonchev–Trinajstić information content (AvgIpc) is 3.38. The molecule has 6 heteroatoms. The molecule has 0 radical (unpaired) electrons. The average molecular weight is 407 g/mol. The quantitative estimate of drug-likeness (QED) is 0.457. The lowest BCUT2D eigenvalue weighted by Crippen LogP contribution is -2.12. The van der Waals surface area contributed by atoms with Crippen molar-refractivity contribution < 1.29 is 4.79 Å². The lowest BCUT2D eigenvalue weighted by atomic mass is 10.1. The van der Waals surface area contributed by atoms with Crippen LogP contribution in [-0.4, -0.2) is 25.2 Å². The number of carbonyl (C=O) groups excluding carboxylic acids is 1. The van der Waals surface area contributed by atoms with Crippen LogP contribution >= 0.6 is 0 Å². The number of imidazole rings is 1. The maximum absolute atomic E-state index is 12.7. The largest absolute Gasteiger partial charge is 0.327 e. The van der Waals surface area contributed by atoms with E-state index in [2.05, 4.69) is 21.0 Å². The molecule has 3 aromatic carbocycles. The molecular weight excluding hydrogens is 386 g/mol. The van der Waals surface area contributed by atoms with Crippen LogP contribution in [0.1, 0.15) is 16.1 Å². The summed E-state index contributed by atoms with van der Waals surface area (Å²) in [6.45, 7) is 1.99. The van der Waals surface area contributed by atoms with Crippen LogP contribution in [0.25, 0.3) is 28.1 Å². The highest BCUT2D eigenvalue weighted by atomic mass is 16.1. The normalized spacial score (nSPS) is 11.0. The van der Waals surface area contributed by atoms with E-state index in [-0.39, 0.29) is 5.91 Å². The van der Waals surface area contributed by atoms with Crippen molar-refractivity contribution in [1.29, 1.82) is 0 Å². The molecule has 0 saturated heterocycles. The van der Waals surface area contributed by atoms with Crippen molar-refractivity contribution in [3.8, 4) is 17.1 Å². The van der Waals surface area contributed by atoms with Crippen LogP contribution in [0.15, 0.2) is 85.1 Å². The van der Waals surface area contributed by atoms with Gasteiger partial charge in [-0.25, -0.2) is 9.67 Å². The smallest absolute Gasteiger partial charge is 0.255 e. The van der Waals surface area contributed by atoms with Crippen LogP contribution in [0.3, 0.4) is 0 Å². The minimum absolute atomic E-state index is 0.154. The number of benzene rings is 3. The van der Waals surface area contributed by atoms with E-state index in [1.807, 2.05) is 79.3 Å². The fourth-order valence-electron chi connectivity index (χ4n) is 3.70. The Morgan fingerprint density at radius 1 is 0.903 bits per heavy atom. The molecule has 0 bridgehead atoms. The number of aryl methyl sites for hydroxylation is 2. The minimum atomic E-state index is -0.154. The van der Waals surface area contributed by atoms with Crippen molar-refractivity contribution in [2.75, 3.05) is 5.32 Å². The molecule has 152 valence electrons. The molecule has 6 nitrogen and oxygen atoms in total. The number of rotatable bonds is 4. The molecule has 0 saturated carbocycles. The van der Waals surface area contributed by atoms with Crippen molar-refractivity contribution in [3.63, 3.8) is 0 Å². The number of anilines is 1. The van der Waals surface area contributed by atoms with Crippen LogP contribution in [0, 0.1) is 6.92 Å². The van der Waals surface area contributed by atoms with Gasteiger partial charge in [-0.15, -0.1) is 0 Å². The first-order chi connectivity index (χ1) is 15.1. The molecule has 5 aromatic rings. The second-order valence-electron chi connectivity index (χ2n) is 7.45. The zero-order valence-electron chi connectivity index (χ0n) is 17.3. The van der Waals surface area contributed by atoms with Gasteiger partial charge in [0.1, 0.15) is 5.82 Å². The summed E-state index contributed by atoms with van der Waals surface area (Å²) in [5.74, 6) is 0.739. The Labute approximate surface area is 179 Å². The summed E-state index contributed by atoms with van der Waals surface area (Å²) in [5.41, 5.74) is 6.33. The number of nitrogens with zero attached hydrogens (tertiary/aromatic N) is 4. The second-order valence-corrected chi connectivity index (χ2v) is 7.45. The molecular formula is C25H21N5O. The molecule has 0 aliphatic carbocycles. The van der Waals surface area contributed by atoms with Crippen LogP contribution in [0.4, 0.5) is 5.69 Å². The molecule has 1 N–H and O–H groups in total. The molecule has 0 atom stereocenters. The molecule has 2 aromatic heterocycles. The molecule has 31 heavy (non-hydrogen) atoms. The Balaban J connectivity index is 1.33. The van der Waals surface area contributed by atoms with Gasteiger partial charge in [0.2, 0.25) is 0 Å². The van der Waals surface area contributed by atoms with Gasteiger partial charge in [0.05, 0.1) is 16.7 Å². The fourth-order valence-corrected chi connectivity index (χ4v) is 3.70. The standard InChI is InChI=1S/C25H21N5O/c1-17-15-16-26-30(17)21-13-9-19(10-14-21)25(31)27-20-11-7-18(8-12-20)24-28-22-5-3-4-6-23(22)29(24)2/h3-16H,1-2H3,(H,27,31). The summed E-state index contributed by atoms with van der Waals surface area (Å²) < 4.78 is 3.91. The van der Waals surface area contributed by atoms with E-state index in [0.717, 1.165) is 39.5 Å². The van der Waals surface area contributed by atoms with Gasteiger partial charge in [-0.2, -0.15) is 5.10 Å². The van der Waals surface area contributed by atoms with E-state index >= 15 is 0 Å². The first-order valence-corrected chi connectivity index (χ1v) is 10.0. The summed E-state index contributed by atoms with van der Waals surface area (Å²) in [5, 5.41) is 7.25. The van der Waals surface area contributed by atoms with Gasteiger partial charge in [0.15, 0.2) is 0 Å². The van der Waals surface area contributed by atoms with E-state index in [9.17, 15) is 4.79 Å². The first kappa shape index (κ1) is 18.8. The van der Waals surface area contributed by atoms with Gasteiger partial charge in [0.25, 0.3) is 5.91 Å². The summed E-state index contributed by atoms with van der Waals surface area (Å²) >= 11 is 0. The molecule has 2 heterocycles. The van der Waals surface area contributed by atoms with Gasteiger partial charge >= 0.3 is 0 Å². The Morgan fingerprint density at radius 3 is 2.32 bits per heavy atom. The monoisotopic (exact) mass is 407 g/mol. The van der Waals surface area contributed by atoms with Gasteiger partial charge in [-0.05, 0) is 73.7 Å². The van der Waals surface area contributed by atoms with E-state index in [0.29, 0.717) is 5.56 Å². The van der Waals surface area contributed by atoms with E-state index in [4.69, 9.17) is 4.98 Å². The third-order valence-corrected chi connectivity index (χ3v) is 5.39. The topological polar surface area (TPSA) is 64.7 Å². The zero-order chi connectivity index (χ0) is 21.4. The number of carbonyl (C=O) groups is 1. The molecule has 1 amide bonds. The highest BCUT2D eigenvalue weighted by Gasteiger charge is 2.11. The van der Waals surface area contributed by atoms with Crippen molar-refractivity contribution >= 4 is 22.6 Å². The van der Waals surface area contributed by atoms with E-state index in [1.165, 1.54) is 0 Å². The predicted molar refractivity (Wildman–Crippen MR) is 122 cm³/mol. The van der Waals surface area contributed by atoms with Crippen LogP contribution in [0.2, 0.25) is 0 Å². The van der Waals surface area contributed by atoms with Crippen molar-refractivity contribution in [2.45, 2.75) is 6.92 Å². The fraction of sp³-hybridized carbons (Fsp3) is 0.0800. The summed E-state index contributed by atoms with van der Waals surface area (Å²) in [7, 11) is 2.01. The number of para-hydroxylation sites is 2. The van der Waals surface area contributed by atoms with Gasteiger partial charge < -0.3 is 9.88 Å². The van der Waals surface area contributed by atoms with Crippen LogP contribution in [0.5, 0.6) is 0 Å². The molecule has 5 rings (SSSR count). The maximum Gasteiger partial charge on any atom is 0.255 e. The molecule has 0 spiro atoms. The summed E-state index contributed by atoms with van der Waals surface area (Å²) in [6, 6.07) is 25.1. The van der Waals surface area contributed by atoms with Crippen LogP contribution < -0.4 is 5.32 Å². The van der Waals surface area contributed by atoms with Crippen molar-refractivity contribution in [3.05, 3.63) is 96.3 Å². The van der Waals surface area contributed by atoms with Gasteiger partial charge in [0, 0.05) is 35.8 Å². The Hall–Kier alpha value is -4.19. The van der Waals surface area contributed by atoms with E-state index < -0.39 is 0 Å². The van der Waals surface area contributed by atoms with Crippen molar-refractivity contribution in [2.24, 2.45) is 7.05 Å². The van der Waals surface area contributed by atoms with Gasteiger partial charge in [-0.1, -0.05) is 12.1 Å². The molecule has 0 aliphatic heterocycles. The minimum Gasteiger partial charge on any atom is -0.327 e. The third-order valence-electron chi connectivity index (χ3n) is 5.39.